The van der Waals surface area contributed by atoms with Crippen molar-refractivity contribution < 1.29 is 27.8 Å². The molecule has 1 unspecified atom stereocenters. The Morgan fingerprint density at radius 1 is 1.42 bits per heavy atom. The van der Waals surface area contributed by atoms with Crippen molar-refractivity contribution in [1.82, 2.24) is 0 Å². The third-order valence-corrected chi connectivity index (χ3v) is 2.88. The average molecular weight is 344 g/mol. The minimum Gasteiger partial charge on any atom is -0.493 e. The van der Waals surface area contributed by atoms with Crippen LogP contribution in [0.4, 0.5) is 13.2 Å². The summed E-state index contributed by atoms with van der Waals surface area (Å²) < 4.78 is 46.9. The van der Waals surface area contributed by atoms with Gasteiger partial charge in [0.15, 0.2) is 17.6 Å². The molecule has 0 saturated heterocycles. The van der Waals surface area contributed by atoms with E-state index in [1.807, 2.05) is 0 Å². The van der Waals surface area contributed by atoms with E-state index in [-0.39, 0.29) is 18.0 Å². The molecular weight excluding hydrogens is 331 g/mol. The van der Waals surface area contributed by atoms with Gasteiger partial charge in [-0.15, -0.1) is 0 Å². The molecule has 0 heterocycles. The molecule has 1 aromatic rings. The van der Waals surface area contributed by atoms with Gasteiger partial charge in [0.1, 0.15) is 6.61 Å². The average Bonchev–Trinajstić information content (AvgIpc) is 2.34. The van der Waals surface area contributed by atoms with E-state index in [1.54, 1.807) is 12.1 Å². The number of benzene rings is 1. The third kappa shape index (κ3) is 4.26. The fraction of sp³-hybridized carbons (Fsp3) is 0.455. The van der Waals surface area contributed by atoms with Gasteiger partial charge in [-0.3, -0.25) is 0 Å². The minimum absolute atomic E-state index is 0.0861. The lowest BCUT2D eigenvalue weighted by Crippen LogP contribution is -2.34. The lowest BCUT2D eigenvalue weighted by molar-refractivity contribution is -0.210. The summed E-state index contributed by atoms with van der Waals surface area (Å²) in [7, 11) is 1.36. The predicted octanol–water partition coefficient (Wildman–Crippen LogP) is 2.22. The minimum atomic E-state index is -4.73. The van der Waals surface area contributed by atoms with Crippen LogP contribution in [0.25, 0.3) is 0 Å². The molecule has 0 aliphatic carbocycles. The zero-order valence-corrected chi connectivity index (χ0v) is 11.6. The summed E-state index contributed by atoms with van der Waals surface area (Å²) in [6.07, 6.45) is -7.28. The quantitative estimate of drug-likeness (QED) is 0.860. The van der Waals surface area contributed by atoms with Crippen LogP contribution in [-0.4, -0.2) is 31.1 Å². The van der Waals surface area contributed by atoms with Gasteiger partial charge >= 0.3 is 6.18 Å². The van der Waals surface area contributed by atoms with E-state index in [4.69, 9.17) is 20.3 Å². The first-order chi connectivity index (χ1) is 8.79. The number of hydrogen-bond donors (Lipinski definition) is 2. The molecule has 1 rings (SSSR count). The number of nitrogens with two attached hydrogens (primary N) is 1. The Labute approximate surface area is 116 Å². The molecule has 0 aromatic heterocycles. The zero-order valence-electron chi connectivity index (χ0n) is 10.00. The van der Waals surface area contributed by atoms with E-state index in [0.29, 0.717) is 4.47 Å². The van der Waals surface area contributed by atoms with Gasteiger partial charge in [0, 0.05) is 6.54 Å². The second kappa shape index (κ2) is 6.44. The Balaban J connectivity index is 2.89. The Hall–Kier alpha value is -0.990. The third-order valence-electron chi connectivity index (χ3n) is 2.29. The van der Waals surface area contributed by atoms with E-state index in [1.165, 1.54) is 7.11 Å². The second-order valence-corrected chi connectivity index (χ2v) is 4.54. The van der Waals surface area contributed by atoms with E-state index in [2.05, 4.69) is 15.9 Å². The highest BCUT2D eigenvalue weighted by molar-refractivity contribution is 9.10. The topological polar surface area (TPSA) is 64.7 Å². The SMILES string of the molecule is COc1cc(CN)cc(Br)c1OCC(O)C(F)(F)F. The summed E-state index contributed by atoms with van der Waals surface area (Å²) in [5, 5.41) is 8.88. The first kappa shape index (κ1) is 16.1. The summed E-state index contributed by atoms with van der Waals surface area (Å²) in [6, 6.07) is 3.16. The Morgan fingerprint density at radius 3 is 2.53 bits per heavy atom. The maximum absolute atomic E-state index is 12.2. The van der Waals surface area contributed by atoms with Crippen LogP contribution in [0.2, 0.25) is 0 Å². The van der Waals surface area contributed by atoms with Gasteiger partial charge < -0.3 is 20.3 Å². The molecule has 0 saturated carbocycles. The molecule has 0 bridgehead atoms. The van der Waals surface area contributed by atoms with Gasteiger partial charge in [-0.2, -0.15) is 13.2 Å². The number of aliphatic hydroxyl groups is 1. The summed E-state index contributed by atoms with van der Waals surface area (Å²) in [4.78, 5) is 0. The van der Waals surface area contributed by atoms with Crippen molar-refractivity contribution in [2.24, 2.45) is 5.73 Å². The van der Waals surface area contributed by atoms with Gasteiger partial charge in [0.2, 0.25) is 0 Å². The Kier molecular flexibility index (Phi) is 5.45. The fourth-order valence-electron chi connectivity index (χ4n) is 1.29. The van der Waals surface area contributed by atoms with Crippen LogP contribution in [0.15, 0.2) is 16.6 Å². The van der Waals surface area contributed by atoms with Crippen LogP contribution in [-0.2, 0) is 6.54 Å². The molecule has 8 heteroatoms. The molecule has 0 aliphatic rings. The predicted molar refractivity (Wildman–Crippen MR) is 66.1 cm³/mol. The van der Waals surface area contributed by atoms with Crippen LogP contribution >= 0.6 is 15.9 Å². The first-order valence-corrected chi connectivity index (χ1v) is 6.03. The summed E-state index contributed by atoms with van der Waals surface area (Å²) in [5.74, 6) is 0.326. The molecule has 4 nitrogen and oxygen atoms in total. The van der Waals surface area contributed by atoms with Gasteiger partial charge in [-0.05, 0) is 33.6 Å². The number of rotatable bonds is 5. The molecule has 1 aromatic carbocycles. The van der Waals surface area contributed by atoms with Gasteiger partial charge in [-0.1, -0.05) is 0 Å². The largest absolute Gasteiger partial charge is 0.493 e. The maximum Gasteiger partial charge on any atom is 0.417 e. The van der Waals surface area contributed by atoms with Crippen LogP contribution < -0.4 is 15.2 Å². The molecule has 0 aliphatic heterocycles. The number of ether oxygens (including phenoxy) is 2. The molecule has 108 valence electrons. The van der Waals surface area contributed by atoms with Crippen molar-refractivity contribution in [1.29, 1.82) is 0 Å². The van der Waals surface area contributed by atoms with Crippen molar-refractivity contribution in [3.8, 4) is 11.5 Å². The van der Waals surface area contributed by atoms with Gasteiger partial charge in [0.25, 0.3) is 0 Å². The molecule has 0 spiro atoms. The number of hydrogen-bond acceptors (Lipinski definition) is 4. The Bertz CT molecular complexity index is 440. The van der Waals surface area contributed by atoms with Crippen LogP contribution in [0, 0.1) is 0 Å². The first-order valence-electron chi connectivity index (χ1n) is 5.23. The highest BCUT2D eigenvalue weighted by atomic mass is 79.9. The van der Waals surface area contributed by atoms with Crippen LogP contribution in [0.1, 0.15) is 5.56 Å². The van der Waals surface area contributed by atoms with Crippen molar-refractivity contribution >= 4 is 15.9 Å². The highest BCUT2D eigenvalue weighted by Gasteiger charge is 2.39. The van der Waals surface area contributed by atoms with Crippen molar-refractivity contribution in [2.45, 2.75) is 18.8 Å². The number of alkyl halides is 3. The maximum atomic E-state index is 12.2. The Morgan fingerprint density at radius 2 is 2.05 bits per heavy atom. The normalized spacial score (nSPS) is 13.2. The highest BCUT2D eigenvalue weighted by Crippen LogP contribution is 2.37. The van der Waals surface area contributed by atoms with Crippen LogP contribution in [0.3, 0.4) is 0 Å². The fourth-order valence-corrected chi connectivity index (χ4v) is 1.89. The summed E-state index contributed by atoms with van der Waals surface area (Å²) in [6.45, 7) is -0.666. The molecule has 1 atom stereocenters. The molecular formula is C11H13BrF3NO3. The smallest absolute Gasteiger partial charge is 0.417 e. The molecule has 0 radical (unpaired) electrons. The van der Waals surface area contributed by atoms with Crippen molar-refractivity contribution in [3.05, 3.63) is 22.2 Å². The second-order valence-electron chi connectivity index (χ2n) is 3.68. The number of aliphatic hydroxyl groups excluding tert-OH is 1. The van der Waals surface area contributed by atoms with E-state index in [9.17, 15) is 13.2 Å². The van der Waals surface area contributed by atoms with Gasteiger partial charge in [0.05, 0.1) is 11.6 Å². The standard InChI is InChI=1S/C11H13BrF3NO3/c1-18-8-3-6(4-16)2-7(12)10(8)19-5-9(17)11(13,14)15/h2-3,9,17H,4-5,16H2,1H3. The van der Waals surface area contributed by atoms with Gasteiger partial charge in [-0.25, -0.2) is 0 Å². The number of methoxy groups -OCH3 is 1. The summed E-state index contributed by atoms with van der Waals surface area (Å²) >= 11 is 3.16. The van der Waals surface area contributed by atoms with Crippen molar-refractivity contribution in [3.63, 3.8) is 0 Å². The van der Waals surface area contributed by atoms with E-state index >= 15 is 0 Å². The molecule has 19 heavy (non-hydrogen) atoms. The lowest BCUT2D eigenvalue weighted by atomic mass is 10.2. The monoisotopic (exact) mass is 343 g/mol. The molecule has 0 fully saturated rings. The number of halogens is 4. The molecule has 3 N–H and O–H groups in total. The summed E-state index contributed by atoms with van der Waals surface area (Å²) in [5.41, 5.74) is 6.19. The van der Waals surface area contributed by atoms with Crippen LogP contribution in [0.5, 0.6) is 11.5 Å². The molecule has 0 amide bonds. The van der Waals surface area contributed by atoms with E-state index < -0.39 is 18.9 Å². The lowest BCUT2D eigenvalue weighted by Gasteiger charge is -2.18. The van der Waals surface area contributed by atoms with Crippen molar-refractivity contribution in [2.75, 3.05) is 13.7 Å². The zero-order chi connectivity index (χ0) is 14.6. The van der Waals surface area contributed by atoms with E-state index in [0.717, 1.165) is 5.56 Å².